The summed E-state index contributed by atoms with van der Waals surface area (Å²) in [5.41, 5.74) is 0.850. The summed E-state index contributed by atoms with van der Waals surface area (Å²) in [7, 11) is -3.93. The van der Waals surface area contributed by atoms with Crippen molar-refractivity contribution in [3.63, 3.8) is 0 Å². The van der Waals surface area contributed by atoms with Gasteiger partial charge in [-0.05, 0) is 37.1 Å². The van der Waals surface area contributed by atoms with Gasteiger partial charge in [0.25, 0.3) is 0 Å². The first-order valence-electron chi connectivity index (χ1n) is 9.66. The highest BCUT2D eigenvalue weighted by atomic mass is 32.2. The smallest absolute Gasteiger partial charge is 0.245 e. The van der Waals surface area contributed by atoms with Gasteiger partial charge in [0.2, 0.25) is 15.9 Å². The van der Waals surface area contributed by atoms with Crippen LogP contribution in [-0.2, 0) is 26.1 Å². The molecule has 0 saturated carbocycles. The molecule has 0 aliphatic carbocycles. The molecule has 1 N–H and O–H groups in total. The third-order valence-electron chi connectivity index (χ3n) is 4.92. The average Bonchev–Trinajstić information content (AvgIpc) is 3.51. The Morgan fingerprint density at radius 3 is 2.93 bits per heavy atom. The molecule has 0 radical (unpaired) electrons. The molecule has 30 heavy (non-hydrogen) atoms. The number of amides is 1. The average molecular weight is 451 g/mol. The molecule has 4 rings (SSSR count). The fraction of sp³-hybridized carbons (Fsp3) is 0.421. The van der Waals surface area contributed by atoms with Crippen LogP contribution in [-0.4, -0.2) is 53.2 Å². The summed E-state index contributed by atoms with van der Waals surface area (Å²) in [5.74, 6) is 0.264. The van der Waals surface area contributed by atoms with Gasteiger partial charge in [-0.2, -0.15) is 13.1 Å². The minimum Gasteiger partial charge on any atom is -0.468 e. The van der Waals surface area contributed by atoms with Crippen molar-refractivity contribution in [2.45, 2.75) is 36.8 Å². The number of rotatable bonds is 9. The van der Waals surface area contributed by atoms with Gasteiger partial charge in [-0.25, -0.2) is 8.42 Å². The Hall–Kier alpha value is -2.34. The summed E-state index contributed by atoms with van der Waals surface area (Å²) in [4.78, 5) is 12.4. The van der Waals surface area contributed by atoms with Crippen molar-refractivity contribution in [2.24, 2.45) is 0 Å². The number of sulfonamides is 1. The van der Waals surface area contributed by atoms with Crippen LogP contribution in [0.1, 0.15) is 25.0 Å². The predicted molar refractivity (Wildman–Crippen MR) is 110 cm³/mol. The second-order valence-corrected chi connectivity index (χ2v) is 9.43. The van der Waals surface area contributed by atoms with Crippen LogP contribution in [0.5, 0.6) is 0 Å². The van der Waals surface area contributed by atoms with E-state index in [1.807, 2.05) is 0 Å². The number of aromatic nitrogens is 2. The van der Waals surface area contributed by atoms with E-state index in [0.29, 0.717) is 29.9 Å². The highest BCUT2D eigenvalue weighted by molar-refractivity contribution is 7.89. The van der Waals surface area contributed by atoms with E-state index in [4.69, 9.17) is 9.15 Å². The maximum absolute atomic E-state index is 13.4. The van der Waals surface area contributed by atoms with Gasteiger partial charge in [0.1, 0.15) is 21.7 Å². The Kier molecular flexibility index (Phi) is 6.42. The van der Waals surface area contributed by atoms with Crippen molar-refractivity contribution in [3.8, 4) is 0 Å². The van der Waals surface area contributed by atoms with E-state index in [-0.39, 0.29) is 36.4 Å². The fourth-order valence-corrected chi connectivity index (χ4v) is 5.50. The van der Waals surface area contributed by atoms with Crippen LogP contribution < -0.4 is 5.32 Å². The molecule has 160 valence electrons. The third kappa shape index (κ3) is 4.69. The Morgan fingerprint density at radius 2 is 2.17 bits per heavy atom. The standard InChI is InChI=1S/C19H22N4O5S2/c24-18(20-12-14-4-2-10-27-14)8-9-23(13-15-5-3-11-28-15)30(25,26)17-7-1-6-16-19(17)22-29-21-16/h1,3,5-7,11,14H,2,4,8-10,12-13H2,(H,20,24). The summed E-state index contributed by atoms with van der Waals surface area (Å²) in [6.07, 6.45) is 3.46. The Morgan fingerprint density at radius 1 is 1.27 bits per heavy atom. The lowest BCUT2D eigenvalue weighted by Crippen LogP contribution is -2.37. The quantitative estimate of drug-likeness (QED) is 0.531. The molecule has 2 aromatic heterocycles. The third-order valence-corrected chi connectivity index (χ3v) is 7.34. The minimum absolute atomic E-state index is 0.00828. The number of benzene rings is 1. The molecule has 9 nitrogen and oxygen atoms in total. The minimum atomic E-state index is -3.93. The van der Waals surface area contributed by atoms with Gasteiger partial charge >= 0.3 is 0 Å². The van der Waals surface area contributed by atoms with Gasteiger partial charge in [-0.3, -0.25) is 4.79 Å². The molecule has 3 aromatic rings. The molecule has 1 unspecified atom stereocenters. The first-order valence-corrected chi connectivity index (χ1v) is 11.8. The zero-order chi connectivity index (χ0) is 21.0. The summed E-state index contributed by atoms with van der Waals surface area (Å²) in [6, 6.07) is 8.25. The summed E-state index contributed by atoms with van der Waals surface area (Å²) in [5, 5.41) is 2.83. The summed E-state index contributed by atoms with van der Waals surface area (Å²) in [6.45, 7) is 1.18. The van der Waals surface area contributed by atoms with Gasteiger partial charge in [0.15, 0.2) is 0 Å². The van der Waals surface area contributed by atoms with E-state index in [1.54, 1.807) is 24.3 Å². The van der Waals surface area contributed by atoms with Gasteiger partial charge in [0.05, 0.1) is 30.6 Å². The molecular weight excluding hydrogens is 428 g/mol. The molecule has 1 saturated heterocycles. The van der Waals surface area contributed by atoms with E-state index in [2.05, 4.69) is 14.1 Å². The maximum atomic E-state index is 13.4. The first-order chi connectivity index (χ1) is 14.5. The van der Waals surface area contributed by atoms with Gasteiger partial charge in [-0.15, -0.1) is 0 Å². The van der Waals surface area contributed by atoms with Crippen molar-refractivity contribution < 1.29 is 22.4 Å². The lowest BCUT2D eigenvalue weighted by molar-refractivity contribution is -0.121. The molecule has 0 bridgehead atoms. The number of nitrogens with one attached hydrogen (secondary N) is 1. The second-order valence-electron chi connectivity index (χ2n) is 7.00. The number of hydrogen-bond acceptors (Lipinski definition) is 8. The van der Waals surface area contributed by atoms with Gasteiger partial charge in [-0.1, -0.05) is 6.07 Å². The summed E-state index contributed by atoms with van der Waals surface area (Å²) < 4.78 is 47.2. The molecule has 3 heterocycles. The number of nitrogens with zero attached hydrogens (tertiary/aromatic N) is 3. The van der Waals surface area contributed by atoms with Crippen LogP contribution in [0.15, 0.2) is 45.9 Å². The normalized spacial score (nSPS) is 17.0. The SMILES string of the molecule is O=C(CCN(Cc1ccco1)S(=O)(=O)c1cccc2nsnc12)NCC1CCCO1. The van der Waals surface area contributed by atoms with Crippen molar-refractivity contribution in [3.05, 3.63) is 42.4 Å². The fourth-order valence-electron chi connectivity index (χ4n) is 3.34. The lowest BCUT2D eigenvalue weighted by Gasteiger charge is -2.21. The van der Waals surface area contributed by atoms with Crippen LogP contribution in [0.3, 0.4) is 0 Å². The van der Waals surface area contributed by atoms with E-state index < -0.39 is 10.0 Å². The number of fused-ring (bicyclic) bond motifs is 1. The van der Waals surface area contributed by atoms with Crippen LogP contribution >= 0.6 is 11.7 Å². The molecule has 1 fully saturated rings. The Labute approximate surface area is 178 Å². The summed E-state index contributed by atoms with van der Waals surface area (Å²) >= 11 is 0.960. The number of carbonyl (C=O) groups excluding carboxylic acids is 1. The largest absolute Gasteiger partial charge is 0.468 e. The van der Waals surface area contributed by atoms with Crippen LogP contribution in [0.4, 0.5) is 0 Å². The van der Waals surface area contributed by atoms with E-state index in [1.165, 1.54) is 16.6 Å². The van der Waals surface area contributed by atoms with Crippen LogP contribution in [0, 0.1) is 0 Å². The Balaban J connectivity index is 1.50. The highest BCUT2D eigenvalue weighted by Crippen LogP contribution is 2.26. The molecule has 1 aliphatic heterocycles. The van der Waals surface area contributed by atoms with E-state index in [0.717, 1.165) is 24.6 Å². The predicted octanol–water partition coefficient (Wildman–Crippen LogP) is 2.16. The van der Waals surface area contributed by atoms with Crippen LogP contribution in [0.2, 0.25) is 0 Å². The van der Waals surface area contributed by atoms with Crippen molar-refractivity contribution >= 4 is 38.7 Å². The molecule has 11 heteroatoms. The van der Waals surface area contributed by atoms with Gasteiger partial charge < -0.3 is 14.5 Å². The topological polar surface area (TPSA) is 115 Å². The molecule has 1 aromatic carbocycles. The molecule has 1 amide bonds. The van der Waals surface area contributed by atoms with E-state index >= 15 is 0 Å². The van der Waals surface area contributed by atoms with Crippen LogP contribution in [0.25, 0.3) is 11.0 Å². The number of carbonyl (C=O) groups is 1. The van der Waals surface area contributed by atoms with Gasteiger partial charge in [0, 0.05) is 26.1 Å². The molecular formula is C19H22N4O5S2. The van der Waals surface area contributed by atoms with Crippen molar-refractivity contribution in [1.82, 2.24) is 18.4 Å². The monoisotopic (exact) mass is 450 g/mol. The molecule has 1 aliphatic rings. The number of ether oxygens (including phenoxy) is 1. The number of furan rings is 1. The van der Waals surface area contributed by atoms with Crippen molar-refractivity contribution in [2.75, 3.05) is 19.7 Å². The lowest BCUT2D eigenvalue weighted by atomic mass is 10.2. The zero-order valence-electron chi connectivity index (χ0n) is 16.2. The number of hydrogen-bond donors (Lipinski definition) is 1. The second kappa shape index (κ2) is 9.21. The zero-order valence-corrected chi connectivity index (χ0v) is 17.8. The van der Waals surface area contributed by atoms with E-state index in [9.17, 15) is 13.2 Å². The Bertz CT molecular complexity index is 1090. The maximum Gasteiger partial charge on any atom is 0.245 e. The van der Waals surface area contributed by atoms with Crippen molar-refractivity contribution in [1.29, 1.82) is 0 Å². The molecule has 0 spiro atoms. The highest BCUT2D eigenvalue weighted by Gasteiger charge is 2.29. The first kappa shape index (κ1) is 20.9. The molecule has 1 atom stereocenters.